The van der Waals surface area contributed by atoms with Gasteiger partial charge in [-0.3, -0.25) is 0 Å². The number of benzene rings is 1. The fourth-order valence-corrected chi connectivity index (χ4v) is 2.41. The number of ether oxygens (including phenoxy) is 1. The summed E-state index contributed by atoms with van der Waals surface area (Å²) in [4.78, 5) is 14.4. The van der Waals surface area contributed by atoms with E-state index in [0.29, 0.717) is 11.3 Å². The van der Waals surface area contributed by atoms with Crippen LogP contribution in [0.4, 0.5) is 5.69 Å². The van der Waals surface area contributed by atoms with Gasteiger partial charge in [0.25, 0.3) is 0 Å². The molecule has 4 heteroatoms. The van der Waals surface area contributed by atoms with Crippen LogP contribution < -0.4 is 5.73 Å². The molecule has 0 bridgehead atoms. The number of aryl methyl sites for hydroxylation is 2. The number of nitrogen functional groups attached to an aromatic ring is 1. The topological polar surface area (TPSA) is 55.6 Å². The van der Waals surface area contributed by atoms with Crippen molar-refractivity contribution in [3.63, 3.8) is 0 Å². The monoisotopic (exact) mass is 262 g/mol. The molecule has 2 N–H and O–H groups in total. The van der Waals surface area contributed by atoms with Gasteiger partial charge in [0.15, 0.2) is 0 Å². The van der Waals surface area contributed by atoms with Crippen LogP contribution in [0, 0.1) is 13.8 Å². The SMILES string of the molecule is Cc1cc(C)c(C(=O)OC2CCN(C)CC2)cc1N. The Labute approximate surface area is 114 Å². The molecule has 2 rings (SSSR count). The fraction of sp³-hybridized carbons (Fsp3) is 0.533. The zero-order valence-corrected chi connectivity index (χ0v) is 11.9. The van der Waals surface area contributed by atoms with Gasteiger partial charge in [0.05, 0.1) is 5.56 Å². The Hall–Kier alpha value is -1.55. The van der Waals surface area contributed by atoms with Crippen LogP contribution in [0.1, 0.15) is 34.3 Å². The smallest absolute Gasteiger partial charge is 0.338 e. The number of hydrogen-bond acceptors (Lipinski definition) is 4. The third kappa shape index (κ3) is 3.26. The number of carbonyl (C=O) groups excluding carboxylic acids is 1. The van der Waals surface area contributed by atoms with E-state index in [1.807, 2.05) is 19.9 Å². The summed E-state index contributed by atoms with van der Waals surface area (Å²) in [6.45, 7) is 5.81. The summed E-state index contributed by atoms with van der Waals surface area (Å²) in [5, 5.41) is 0. The molecule has 1 saturated heterocycles. The summed E-state index contributed by atoms with van der Waals surface area (Å²) in [7, 11) is 2.09. The standard InChI is InChI=1S/C15H22N2O2/c1-10-8-11(2)14(16)9-13(10)15(18)19-12-4-6-17(3)7-5-12/h8-9,12H,4-7,16H2,1-3H3. The van der Waals surface area contributed by atoms with E-state index < -0.39 is 0 Å². The highest BCUT2D eigenvalue weighted by Crippen LogP contribution is 2.21. The maximum Gasteiger partial charge on any atom is 0.338 e. The van der Waals surface area contributed by atoms with Gasteiger partial charge in [0, 0.05) is 18.8 Å². The molecule has 1 aromatic rings. The normalized spacial score (nSPS) is 17.4. The molecule has 0 amide bonds. The Morgan fingerprint density at radius 2 is 1.89 bits per heavy atom. The molecule has 0 atom stereocenters. The van der Waals surface area contributed by atoms with Gasteiger partial charge in [-0.1, -0.05) is 6.07 Å². The van der Waals surface area contributed by atoms with Crippen LogP contribution in [0.15, 0.2) is 12.1 Å². The van der Waals surface area contributed by atoms with Crippen LogP contribution >= 0.6 is 0 Å². The van der Waals surface area contributed by atoms with Gasteiger partial charge >= 0.3 is 5.97 Å². The van der Waals surface area contributed by atoms with E-state index in [1.54, 1.807) is 6.07 Å². The van der Waals surface area contributed by atoms with Crippen LogP contribution in [0.2, 0.25) is 0 Å². The second-order valence-electron chi connectivity index (χ2n) is 5.43. The Morgan fingerprint density at radius 3 is 2.53 bits per heavy atom. The first-order valence-electron chi connectivity index (χ1n) is 6.73. The number of nitrogens with zero attached hydrogens (tertiary/aromatic N) is 1. The van der Waals surface area contributed by atoms with Gasteiger partial charge in [-0.25, -0.2) is 4.79 Å². The van der Waals surface area contributed by atoms with Crippen LogP contribution in [0.3, 0.4) is 0 Å². The highest BCUT2D eigenvalue weighted by Gasteiger charge is 2.22. The molecule has 0 radical (unpaired) electrons. The molecule has 0 aromatic heterocycles. The summed E-state index contributed by atoms with van der Waals surface area (Å²) < 4.78 is 5.58. The van der Waals surface area contributed by atoms with E-state index in [2.05, 4.69) is 11.9 Å². The molecule has 1 fully saturated rings. The van der Waals surface area contributed by atoms with Crippen LogP contribution in [-0.4, -0.2) is 37.1 Å². The van der Waals surface area contributed by atoms with Gasteiger partial charge in [-0.2, -0.15) is 0 Å². The van der Waals surface area contributed by atoms with Crippen LogP contribution in [0.5, 0.6) is 0 Å². The van der Waals surface area contributed by atoms with Gasteiger partial charge < -0.3 is 15.4 Å². The number of anilines is 1. The van der Waals surface area contributed by atoms with Crippen molar-refractivity contribution in [2.75, 3.05) is 25.9 Å². The highest BCUT2D eigenvalue weighted by molar-refractivity contribution is 5.92. The van der Waals surface area contributed by atoms with E-state index >= 15 is 0 Å². The molecular weight excluding hydrogens is 240 g/mol. The number of carbonyl (C=O) groups is 1. The number of esters is 1. The third-order valence-electron chi connectivity index (χ3n) is 3.77. The zero-order valence-electron chi connectivity index (χ0n) is 11.9. The summed E-state index contributed by atoms with van der Waals surface area (Å²) >= 11 is 0. The van der Waals surface area contributed by atoms with Gasteiger partial charge in [-0.15, -0.1) is 0 Å². The molecule has 0 spiro atoms. The van der Waals surface area contributed by atoms with Crippen molar-refractivity contribution < 1.29 is 9.53 Å². The Kier molecular flexibility index (Phi) is 4.10. The molecule has 0 aliphatic carbocycles. The maximum atomic E-state index is 12.2. The largest absolute Gasteiger partial charge is 0.459 e. The lowest BCUT2D eigenvalue weighted by molar-refractivity contribution is 0.0139. The predicted octanol–water partition coefficient (Wildman–Crippen LogP) is 2.14. The Morgan fingerprint density at radius 1 is 1.26 bits per heavy atom. The third-order valence-corrected chi connectivity index (χ3v) is 3.77. The van der Waals surface area contributed by atoms with E-state index in [1.165, 1.54) is 0 Å². The quantitative estimate of drug-likeness (QED) is 0.655. The molecule has 0 saturated carbocycles. The van der Waals surface area contributed by atoms with Crippen molar-refractivity contribution in [1.82, 2.24) is 4.90 Å². The second-order valence-corrected chi connectivity index (χ2v) is 5.43. The first kappa shape index (κ1) is 13.9. The van der Waals surface area contributed by atoms with E-state index in [4.69, 9.17) is 10.5 Å². The van der Waals surface area contributed by atoms with Crippen molar-refractivity contribution in [1.29, 1.82) is 0 Å². The summed E-state index contributed by atoms with van der Waals surface area (Å²) in [6.07, 6.45) is 1.84. The van der Waals surface area contributed by atoms with Crippen molar-refractivity contribution in [3.8, 4) is 0 Å². The number of hydrogen-bond donors (Lipinski definition) is 1. The van der Waals surface area contributed by atoms with E-state index in [9.17, 15) is 4.79 Å². The molecule has 1 aliphatic rings. The van der Waals surface area contributed by atoms with Crippen molar-refractivity contribution in [3.05, 3.63) is 28.8 Å². The average Bonchev–Trinajstić information content (AvgIpc) is 2.36. The summed E-state index contributed by atoms with van der Waals surface area (Å²) in [5.74, 6) is -0.251. The first-order chi connectivity index (χ1) is 8.97. The van der Waals surface area contributed by atoms with Crippen molar-refractivity contribution >= 4 is 11.7 Å². The molecule has 1 aromatic carbocycles. The van der Waals surface area contributed by atoms with Gasteiger partial charge in [-0.05, 0) is 50.9 Å². The predicted molar refractivity (Wildman–Crippen MR) is 76.3 cm³/mol. The lowest BCUT2D eigenvalue weighted by Crippen LogP contribution is -2.35. The highest BCUT2D eigenvalue weighted by atomic mass is 16.5. The second kappa shape index (κ2) is 5.61. The zero-order chi connectivity index (χ0) is 14.0. The summed E-state index contributed by atoms with van der Waals surface area (Å²) in [5.41, 5.74) is 9.00. The van der Waals surface area contributed by atoms with Crippen molar-refractivity contribution in [2.24, 2.45) is 0 Å². The van der Waals surface area contributed by atoms with E-state index in [0.717, 1.165) is 37.1 Å². The number of likely N-dealkylation sites (tertiary alicyclic amines) is 1. The molecule has 1 aliphatic heterocycles. The molecule has 4 nitrogen and oxygen atoms in total. The lowest BCUT2D eigenvalue weighted by Gasteiger charge is -2.28. The van der Waals surface area contributed by atoms with Crippen LogP contribution in [-0.2, 0) is 4.74 Å². The van der Waals surface area contributed by atoms with Gasteiger partial charge in [0.2, 0.25) is 0 Å². The molecule has 0 unspecified atom stereocenters. The minimum atomic E-state index is -0.251. The first-order valence-corrected chi connectivity index (χ1v) is 6.73. The van der Waals surface area contributed by atoms with E-state index in [-0.39, 0.29) is 12.1 Å². The summed E-state index contributed by atoms with van der Waals surface area (Å²) in [6, 6.07) is 3.66. The maximum absolute atomic E-state index is 12.2. The molecular formula is C15H22N2O2. The lowest BCUT2D eigenvalue weighted by atomic mass is 10.0. The van der Waals surface area contributed by atoms with Crippen LogP contribution in [0.25, 0.3) is 0 Å². The fourth-order valence-electron chi connectivity index (χ4n) is 2.41. The minimum absolute atomic E-state index is 0.0330. The van der Waals surface area contributed by atoms with Crippen molar-refractivity contribution in [2.45, 2.75) is 32.8 Å². The molecule has 19 heavy (non-hydrogen) atoms. The van der Waals surface area contributed by atoms with Gasteiger partial charge in [0.1, 0.15) is 6.10 Å². The average molecular weight is 262 g/mol. The Bertz CT molecular complexity index is 477. The number of rotatable bonds is 2. The number of piperidine rings is 1. The minimum Gasteiger partial charge on any atom is -0.459 e. The molecule has 1 heterocycles. The molecule has 104 valence electrons. The Balaban J connectivity index is 2.06. The number of nitrogens with two attached hydrogens (primary N) is 1.